The number of aliphatic imine (C=N–C) groups is 1. The molecule has 0 N–H and O–H groups in total. The standard InChI is InChI=1S/C12H13N3O3S2/c1-19-12(14-9-13)20-8-2-7-18-11-5-3-10(4-6-11)15(16)17/h3-6H,2,7-8H2,1H3. The zero-order valence-corrected chi connectivity index (χ0v) is 12.4. The molecule has 0 atom stereocenters. The molecule has 0 aliphatic heterocycles. The highest BCUT2D eigenvalue weighted by atomic mass is 32.2. The fourth-order valence-electron chi connectivity index (χ4n) is 1.25. The predicted molar refractivity (Wildman–Crippen MR) is 82.2 cm³/mol. The van der Waals surface area contributed by atoms with E-state index in [2.05, 4.69) is 4.99 Å². The van der Waals surface area contributed by atoms with E-state index >= 15 is 0 Å². The summed E-state index contributed by atoms with van der Waals surface area (Å²) in [6, 6.07) is 5.98. The van der Waals surface area contributed by atoms with Crippen LogP contribution in [-0.4, -0.2) is 27.9 Å². The van der Waals surface area contributed by atoms with Gasteiger partial charge in [0.1, 0.15) is 10.1 Å². The molecule has 0 unspecified atom stereocenters. The smallest absolute Gasteiger partial charge is 0.269 e. The Morgan fingerprint density at radius 1 is 1.50 bits per heavy atom. The maximum absolute atomic E-state index is 10.5. The van der Waals surface area contributed by atoms with Crippen LogP contribution in [0.25, 0.3) is 0 Å². The van der Waals surface area contributed by atoms with Crippen molar-refractivity contribution in [2.24, 2.45) is 4.99 Å². The SMILES string of the molecule is CSC(=NC#N)SCCCOc1ccc([N+](=O)[O-])cc1. The summed E-state index contributed by atoms with van der Waals surface area (Å²) in [6.07, 6.45) is 4.43. The second kappa shape index (κ2) is 9.23. The Hall–Kier alpha value is -1.72. The number of nitrogens with zero attached hydrogens (tertiary/aromatic N) is 3. The van der Waals surface area contributed by atoms with E-state index in [9.17, 15) is 10.1 Å². The molecule has 0 bridgehead atoms. The number of thioether (sulfide) groups is 2. The molecule has 0 aliphatic carbocycles. The summed E-state index contributed by atoms with van der Waals surface area (Å²) in [5.41, 5.74) is 0.0465. The number of hydrogen-bond acceptors (Lipinski definition) is 7. The van der Waals surface area contributed by atoms with E-state index in [1.165, 1.54) is 35.7 Å². The van der Waals surface area contributed by atoms with Gasteiger partial charge in [-0.3, -0.25) is 10.1 Å². The van der Waals surface area contributed by atoms with Crippen molar-refractivity contribution < 1.29 is 9.66 Å². The van der Waals surface area contributed by atoms with Gasteiger partial charge in [0.05, 0.1) is 11.5 Å². The molecule has 1 rings (SSSR count). The van der Waals surface area contributed by atoms with Crippen molar-refractivity contribution in [1.29, 1.82) is 5.26 Å². The number of nitro groups is 1. The number of nitriles is 1. The first-order valence-corrected chi connectivity index (χ1v) is 7.89. The Bertz CT molecular complexity index is 512. The first kappa shape index (κ1) is 16.3. The number of hydrogen-bond donors (Lipinski definition) is 0. The number of benzene rings is 1. The quantitative estimate of drug-likeness (QED) is 0.200. The van der Waals surface area contributed by atoms with Gasteiger partial charge in [0.15, 0.2) is 0 Å². The van der Waals surface area contributed by atoms with E-state index in [-0.39, 0.29) is 5.69 Å². The third kappa shape index (κ3) is 5.95. The topological polar surface area (TPSA) is 88.5 Å². The fourth-order valence-corrected chi connectivity index (χ4v) is 2.65. The maximum atomic E-state index is 10.5. The Kier molecular flexibility index (Phi) is 7.54. The van der Waals surface area contributed by atoms with Gasteiger partial charge < -0.3 is 4.74 Å². The van der Waals surface area contributed by atoms with Gasteiger partial charge in [-0.2, -0.15) is 10.3 Å². The van der Waals surface area contributed by atoms with Gasteiger partial charge in [0.25, 0.3) is 5.69 Å². The van der Waals surface area contributed by atoms with Crippen LogP contribution in [0, 0.1) is 21.6 Å². The van der Waals surface area contributed by atoms with Crippen molar-refractivity contribution in [3.63, 3.8) is 0 Å². The molecule has 6 nitrogen and oxygen atoms in total. The normalized spacial score (nSPS) is 10.9. The summed E-state index contributed by atoms with van der Waals surface area (Å²) in [4.78, 5) is 13.7. The van der Waals surface area contributed by atoms with Crippen molar-refractivity contribution in [3.8, 4) is 11.9 Å². The van der Waals surface area contributed by atoms with Crippen molar-refractivity contribution in [2.45, 2.75) is 6.42 Å². The summed E-state index contributed by atoms with van der Waals surface area (Å²) in [5, 5.41) is 18.9. The van der Waals surface area contributed by atoms with Crippen LogP contribution in [-0.2, 0) is 0 Å². The van der Waals surface area contributed by atoms with Crippen molar-refractivity contribution in [1.82, 2.24) is 0 Å². The minimum Gasteiger partial charge on any atom is -0.494 e. The van der Waals surface area contributed by atoms with Gasteiger partial charge in [0.2, 0.25) is 6.19 Å². The maximum Gasteiger partial charge on any atom is 0.269 e. The van der Waals surface area contributed by atoms with Crippen LogP contribution >= 0.6 is 23.5 Å². The molecule has 0 aromatic heterocycles. The third-order valence-electron chi connectivity index (χ3n) is 2.15. The minimum atomic E-state index is -0.446. The monoisotopic (exact) mass is 311 g/mol. The van der Waals surface area contributed by atoms with E-state index in [0.29, 0.717) is 12.4 Å². The number of rotatable bonds is 6. The summed E-state index contributed by atoms with van der Waals surface area (Å²) in [5.74, 6) is 1.41. The summed E-state index contributed by atoms with van der Waals surface area (Å²) < 4.78 is 6.21. The fraction of sp³-hybridized carbons (Fsp3) is 0.333. The van der Waals surface area contributed by atoms with E-state index < -0.39 is 4.92 Å². The minimum absolute atomic E-state index is 0.0465. The van der Waals surface area contributed by atoms with Crippen LogP contribution in [0.5, 0.6) is 5.75 Å². The van der Waals surface area contributed by atoms with Crippen LogP contribution < -0.4 is 4.74 Å². The molecule has 0 heterocycles. The molecule has 0 radical (unpaired) electrons. The first-order chi connectivity index (χ1) is 9.67. The second-order valence-electron chi connectivity index (χ2n) is 3.48. The van der Waals surface area contributed by atoms with Crippen molar-refractivity contribution in [2.75, 3.05) is 18.6 Å². The summed E-state index contributed by atoms with van der Waals surface area (Å²) >= 11 is 2.95. The van der Waals surface area contributed by atoms with Crippen molar-refractivity contribution >= 4 is 33.6 Å². The average molecular weight is 311 g/mol. The molecule has 0 spiro atoms. The molecule has 8 heteroatoms. The molecular formula is C12H13N3O3S2. The lowest BCUT2D eigenvalue weighted by molar-refractivity contribution is -0.384. The lowest BCUT2D eigenvalue weighted by Crippen LogP contribution is -2.00. The number of nitro benzene ring substituents is 1. The summed E-state index contributed by atoms with van der Waals surface area (Å²) in [7, 11) is 0. The Balaban J connectivity index is 2.26. The van der Waals surface area contributed by atoms with Gasteiger partial charge in [-0.15, -0.1) is 11.8 Å². The van der Waals surface area contributed by atoms with Gasteiger partial charge in [-0.25, -0.2) is 0 Å². The van der Waals surface area contributed by atoms with E-state index in [0.717, 1.165) is 16.5 Å². The Morgan fingerprint density at radius 3 is 2.75 bits per heavy atom. The molecule has 106 valence electrons. The van der Waals surface area contributed by atoms with Crippen LogP contribution in [0.2, 0.25) is 0 Å². The summed E-state index contributed by atoms with van der Waals surface area (Å²) in [6.45, 7) is 0.513. The van der Waals surface area contributed by atoms with Gasteiger partial charge >= 0.3 is 0 Å². The number of non-ortho nitro benzene ring substituents is 1. The Morgan fingerprint density at radius 2 is 2.20 bits per heavy atom. The molecule has 20 heavy (non-hydrogen) atoms. The van der Waals surface area contributed by atoms with E-state index in [1.54, 1.807) is 18.3 Å². The van der Waals surface area contributed by atoms with Crippen molar-refractivity contribution in [3.05, 3.63) is 34.4 Å². The number of ether oxygens (including phenoxy) is 1. The highest BCUT2D eigenvalue weighted by Crippen LogP contribution is 2.18. The van der Waals surface area contributed by atoms with Crippen LogP contribution in [0.1, 0.15) is 6.42 Å². The predicted octanol–water partition coefficient (Wildman–Crippen LogP) is 3.30. The second-order valence-corrected chi connectivity index (χ2v) is 5.62. The lowest BCUT2D eigenvalue weighted by Gasteiger charge is -2.05. The zero-order valence-electron chi connectivity index (χ0n) is 10.8. The zero-order chi connectivity index (χ0) is 14.8. The molecule has 1 aromatic carbocycles. The van der Waals surface area contributed by atoms with Crippen LogP contribution in [0.4, 0.5) is 5.69 Å². The third-order valence-corrected chi connectivity index (χ3v) is 4.27. The van der Waals surface area contributed by atoms with Crippen LogP contribution in [0.15, 0.2) is 29.3 Å². The molecule has 1 aromatic rings. The van der Waals surface area contributed by atoms with Gasteiger partial charge in [0, 0.05) is 17.9 Å². The molecule has 0 aliphatic rings. The van der Waals surface area contributed by atoms with E-state index in [1.807, 2.05) is 6.26 Å². The molecule has 0 saturated carbocycles. The molecule has 0 amide bonds. The highest BCUT2D eigenvalue weighted by molar-refractivity contribution is 8.38. The first-order valence-electron chi connectivity index (χ1n) is 5.68. The molecular weight excluding hydrogens is 298 g/mol. The molecule has 0 saturated heterocycles. The Labute approximate surface area is 125 Å². The molecule has 0 fully saturated rings. The lowest BCUT2D eigenvalue weighted by atomic mass is 10.3. The highest BCUT2D eigenvalue weighted by Gasteiger charge is 2.04. The van der Waals surface area contributed by atoms with Gasteiger partial charge in [-0.1, -0.05) is 11.8 Å². The van der Waals surface area contributed by atoms with E-state index in [4.69, 9.17) is 10.00 Å². The van der Waals surface area contributed by atoms with Crippen LogP contribution in [0.3, 0.4) is 0 Å². The largest absolute Gasteiger partial charge is 0.494 e. The van der Waals surface area contributed by atoms with Gasteiger partial charge in [-0.05, 0) is 24.8 Å². The average Bonchev–Trinajstić information content (AvgIpc) is 2.46.